The first-order valence-corrected chi connectivity index (χ1v) is 6.76. The lowest BCUT2D eigenvalue weighted by Crippen LogP contribution is -2.46. The summed E-state index contributed by atoms with van der Waals surface area (Å²) in [5, 5.41) is 0. The molecule has 2 atom stereocenters. The fourth-order valence-electron chi connectivity index (χ4n) is 2.37. The van der Waals surface area contributed by atoms with Gasteiger partial charge in [0.2, 0.25) is 0 Å². The number of hydrogen-bond donors (Lipinski definition) is 1. The van der Waals surface area contributed by atoms with Crippen LogP contribution in [0.3, 0.4) is 0 Å². The highest BCUT2D eigenvalue weighted by Crippen LogP contribution is 2.18. The molecule has 5 nitrogen and oxygen atoms in total. The zero-order chi connectivity index (χ0) is 13.9. The van der Waals surface area contributed by atoms with E-state index in [0.717, 1.165) is 13.1 Å². The van der Waals surface area contributed by atoms with Gasteiger partial charge in [0.15, 0.2) is 0 Å². The number of carbonyl (C=O) groups excluding carboxylic acids is 1. The van der Waals surface area contributed by atoms with Gasteiger partial charge in [-0.1, -0.05) is 13.8 Å². The van der Waals surface area contributed by atoms with E-state index in [-0.39, 0.29) is 18.2 Å². The Morgan fingerprint density at radius 1 is 1.33 bits per heavy atom. The van der Waals surface area contributed by atoms with E-state index in [9.17, 15) is 4.79 Å². The van der Waals surface area contributed by atoms with E-state index >= 15 is 0 Å². The monoisotopic (exact) mass is 257 g/mol. The van der Waals surface area contributed by atoms with Gasteiger partial charge in [-0.25, -0.2) is 4.79 Å². The first kappa shape index (κ1) is 15.2. The van der Waals surface area contributed by atoms with Gasteiger partial charge in [0.1, 0.15) is 5.60 Å². The highest BCUT2D eigenvalue weighted by Gasteiger charge is 2.37. The molecular formula is C13H27N3O2. The van der Waals surface area contributed by atoms with Crippen molar-refractivity contribution in [3.05, 3.63) is 0 Å². The van der Waals surface area contributed by atoms with Crippen LogP contribution in [0.4, 0.5) is 4.79 Å². The molecule has 5 heteroatoms. The molecule has 1 rings (SSSR count). The summed E-state index contributed by atoms with van der Waals surface area (Å²) < 4.78 is 5.38. The summed E-state index contributed by atoms with van der Waals surface area (Å²) in [6.45, 7) is 13.0. The summed E-state index contributed by atoms with van der Waals surface area (Å²) in [5.41, 5.74) is 5.68. The highest BCUT2D eigenvalue weighted by atomic mass is 16.6. The first-order chi connectivity index (χ1) is 8.28. The predicted octanol–water partition coefficient (Wildman–Crippen LogP) is 1.27. The van der Waals surface area contributed by atoms with Crippen LogP contribution >= 0.6 is 0 Å². The molecule has 0 radical (unpaired) electrons. The van der Waals surface area contributed by atoms with Gasteiger partial charge in [-0.2, -0.15) is 0 Å². The van der Waals surface area contributed by atoms with Crippen LogP contribution in [0.1, 0.15) is 34.6 Å². The molecule has 0 aromatic heterocycles. The van der Waals surface area contributed by atoms with Gasteiger partial charge >= 0.3 is 6.09 Å². The minimum atomic E-state index is -0.450. The van der Waals surface area contributed by atoms with Crippen LogP contribution in [0.5, 0.6) is 0 Å². The third-order valence-corrected chi connectivity index (χ3v) is 3.27. The van der Waals surface area contributed by atoms with Crippen LogP contribution in [-0.4, -0.2) is 59.8 Å². The van der Waals surface area contributed by atoms with E-state index in [1.807, 2.05) is 20.8 Å². The quantitative estimate of drug-likeness (QED) is 0.827. The molecule has 0 unspecified atom stereocenters. The third-order valence-electron chi connectivity index (χ3n) is 3.27. The number of ether oxygens (including phenoxy) is 1. The molecule has 1 heterocycles. The number of carbonyl (C=O) groups is 1. The van der Waals surface area contributed by atoms with Crippen LogP contribution in [-0.2, 0) is 4.74 Å². The molecule has 0 aromatic carbocycles. The molecule has 1 aliphatic heterocycles. The molecule has 0 aliphatic carbocycles. The van der Waals surface area contributed by atoms with E-state index in [4.69, 9.17) is 10.5 Å². The Morgan fingerprint density at radius 3 is 2.33 bits per heavy atom. The fourth-order valence-corrected chi connectivity index (χ4v) is 2.37. The van der Waals surface area contributed by atoms with Crippen LogP contribution in [0.2, 0.25) is 0 Å². The fraction of sp³-hybridized carbons (Fsp3) is 0.923. The summed E-state index contributed by atoms with van der Waals surface area (Å²) in [4.78, 5) is 16.0. The maximum atomic E-state index is 12.0. The van der Waals surface area contributed by atoms with E-state index < -0.39 is 5.60 Å². The lowest BCUT2D eigenvalue weighted by atomic mass is 10.1. The van der Waals surface area contributed by atoms with Crippen molar-refractivity contribution in [2.45, 2.75) is 52.3 Å². The highest BCUT2D eigenvalue weighted by molar-refractivity contribution is 5.68. The van der Waals surface area contributed by atoms with E-state index in [1.54, 1.807) is 4.90 Å². The van der Waals surface area contributed by atoms with Crippen molar-refractivity contribution in [2.75, 3.05) is 26.2 Å². The van der Waals surface area contributed by atoms with Crippen molar-refractivity contribution in [3.8, 4) is 0 Å². The maximum absolute atomic E-state index is 12.0. The molecule has 1 amide bonds. The average molecular weight is 257 g/mol. The van der Waals surface area contributed by atoms with E-state index in [1.165, 1.54) is 0 Å². The lowest BCUT2D eigenvalue weighted by Gasteiger charge is -2.28. The second kappa shape index (κ2) is 5.89. The van der Waals surface area contributed by atoms with Crippen molar-refractivity contribution >= 4 is 6.09 Å². The number of likely N-dealkylation sites (tertiary alicyclic amines) is 1. The SMILES string of the molecule is CCN(CC)[C@H]1CN(C(=O)OC(C)(C)C)C[C@@H]1N. The molecule has 1 fully saturated rings. The molecular weight excluding hydrogens is 230 g/mol. The van der Waals surface area contributed by atoms with Gasteiger partial charge in [-0.3, -0.25) is 4.90 Å². The maximum Gasteiger partial charge on any atom is 0.410 e. The normalized spacial score (nSPS) is 24.7. The molecule has 0 saturated carbocycles. The smallest absolute Gasteiger partial charge is 0.410 e. The van der Waals surface area contributed by atoms with Gasteiger partial charge in [-0.15, -0.1) is 0 Å². The topological polar surface area (TPSA) is 58.8 Å². The Hall–Kier alpha value is -0.810. The molecule has 1 aliphatic rings. The Labute approximate surface area is 110 Å². The minimum absolute atomic E-state index is 0.0115. The predicted molar refractivity (Wildman–Crippen MR) is 72.5 cm³/mol. The standard InChI is InChI=1S/C13H27N3O2/c1-6-15(7-2)11-9-16(8-10(11)14)12(17)18-13(3,4)5/h10-11H,6-9,14H2,1-5H3/t10-,11-/m0/s1. The molecule has 0 spiro atoms. The molecule has 0 aromatic rings. The van der Waals surface area contributed by atoms with Crippen LogP contribution in [0.25, 0.3) is 0 Å². The van der Waals surface area contributed by atoms with Gasteiger partial charge < -0.3 is 15.4 Å². The van der Waals surface area contributed by atoms with Crippen molar-refractivity contribution in [1.82, 2.24) is 9.80 Å². The summed E-state index contributed by atoms with van der Waals surface area (Å²) in [6, 6.07) is 0.255. The van der Waals surface area contributed by atoms with Gasteiger partial charge in [0.05, 0.1) is 0 Å². The first-order valence-electron chi connectivity index (χ1n) is 6.76. The zero-order valence-corrected chi connectivity index (χ0v) is 12.3. The van der Waals surface area contributed by atoms with Crippen LogP contribution in [0, 0.1) is 0 Å². The minimum Gasteiger partial charge on any atom is -0.444 e. The number of amides is 1. The van der Waals surface area contributed by atoms with Gasteiger partial charge in [0, 0.05) is 25.2 Å². The molecule has 106 valence electrons. The number of hydrogen-bond acceptors (Lipinski definition) is 4. The van der Waals surface area contributed by atoms with E-state index in [2.05, 4.69) is 18.7 Å². The molecule has 2 N–H and O–H groups in total. The Kier molecular flexibility index (Phi) is 4.99. The summed E-state index contributed by atoms with van der Waals surface area (Å²) in [5.74, 6) is 0. The number of rotatable bonds is 3. The summed E-state index contributed by atoms with van der Waals surface area (Å²) in [7, 11) is 0. The van der Waals surface area contributed by atoms with Crippen molar-refractivity contribution in [1.29, 1.82) is 0 Å². The van der Waals surface area contributed by atoms with Crippen molar-refractivity contribution in [2.24, 2.45) is 5.73 Å². The van der Waals surface area contributed by atoms with E-state index in [0.29, 0.717) is 13.1 Å². The summed E-state index contributed by atoms with van der Waals surface area (Å²) >= 11 is 0. The van der Waals surface area contributed by atoms with Crippen LogP contribution in [0.15, 0.2) is 0 Å². The zero-order valence-electron chi connectivity index (χ0n) is 12.3. The second-order valence-electron chi connectivity index (χ2n) is 5.84. The van der Waals surface area contributed by atoms with Crippen molar-refractivity contribution in [3.63, 3.8) is 0 Å². The average Bonchev–Trinajstić information content (AvgIpc) is 2.61. The molecule has 0 bridgehead atoms. The number of nitrogens with zero attached hydrogens (tertiary/aromatic N) is 2. The molecule has 1 saturated heterocycles. The summed E-state index contributed by atoms with van der Waals surface area (Å²) in [6.07, 6.45) is -0.257. The Bertz CT molecular complexity index is 284. The Morgan fingerprint density at radius 2 is 1.89 bits per heavy atom. The van der Waals surface area contributed by atoms with Gasteiger partial charge in [0.25, 0.3) is 0 Å². The van der Waals surface area contributed by atoms with Gasteiger partial charge in [-0.05, 0) is 33.9 Å². The van der Waals surface area contributed by atoms with Crippen molar-refractivity contribution < 1.29 is 9.53 Å². The molecule has 18 heavy (non-hydrogen) atoms. The lowest BCUT2D eigenvalue weighted by molar-refractivity contribution is 0.0280. The third kappa shape index (κ3) is 3.85. The largest absolute Gasteiger partial charge is 0.444 e. The number of likely N-dealkylation sites (N-methyl/N-ethyl adjacent to an activating group) is 1. The second-order valence-corrected chi connectivity index (χ2v) is 5.84. The number of nitrogens with two attached hydrogens (primary N) is 1. The Balaban J connectivity index is 2.60. The van der Waals surface area contributed by atoms with Crippen LogP contribution < -0.4 is 5.73 Å².